The number of benzene rings is 2. The third-order valence-electron chi connectivity index (χ3n) is 3.14. The van der Waals surface area contributed by atoms with Crippen LogP contribution >= 0.6 is 11.8 Å². The van der Waals surface area contributed by atoms with Gasteiger partial charge in [-0.05, 0) is 36.4 Å². The molecule has 0 radical (unpaired) electrons. The van der Waals surface area contributed by atoms with Crippen molar-refractivity contribution in [1.82, 2.24) is 5.32 Å². The van der Waals surface area contributed by atoms with Crippen LogP contribution in [-0.2, 0) is 4.79 Å². The van der Waals surface area contributed by atoms with Crippen LogP contribution in [0.2, 0.25) is 0 Å². The van der Waals surface area contributed by atoms with Crippen LogP contribution in [0.15, 0.2) is 58.7 Å². The molecule has 24 heavy (non-hydrogen) atoms. The number of methoxy groups -OCH3 is 1. The Balaban J connectivity index is 1.73. The fourth-order valence-corrected chi connectivity index (χ4v) is 2.60. The third kappa shape index (κ3) is 4.14. The molecule has 0 unspecified atom stereocenters. The van der Waals surface area contributed by atoms with Crippen LogP contribution in [0.5, 0.6) is 17.2 Å². The van der Waals surface area contributed by atoms with Gasteiger partial charge in [0.25, 0.3) is 0 Å². The maximum atomic E-state index is 11.1. The van der Waals surface area contributed by atoms with Gasteiger partial charge in [0.1, 0.15) is 17.2 Å². The lowest BCUT2D eigenvalue weighted by Crippen LogP contribution is -2.19. The van der Waals surface area contributed by atoms with E-state index in [1.807, 2.05) is 48.5 Å². The smallest absolute Gasteiger partial charge is 0.236 e. The number of ether oxygens (including phenoxy) is 2. The van der Waals surface area contributed by atoms with Crippen LogP contribution < -0.4 is 14.8 Å². The Morgan fingerprint density at radius 1 is 1.12 bits per heavy atom. The normalized spacial score (nSPS) is 15.7. The van der Waals surface area contributed by atoms with E-state index in [1.165, 1.54) is 11.8 Å². The van der Waals surface area contributed by atoms with E-state index in [2.05, 4.69) is 15.5 Å². The predicted octanol–water partition coefficient (Wildman–Crippen LogP) is 3.04. The van der Waals surface area contributed by atoms with E-state index in [4.69, 9.17) is 9.47 Å². The highest BCUT2D eigenvalue weighted by Gasteiger charge is 2.15. The molecule has 1 saturated heterocycles. The van der Waals surface area contributed by atoms with Crippen LogP contribution in [0.1, 0.15) is 5.56 Å². The van der Waals surface area contributed by atoms with Crippen molar-refractivity contribution in [3.8, 4) is 17.2 Å². The molecule has 0 aromatic heterocycles. The first kappa shape index (κ1) is 16.1. The number of hydrogen-bond donors (Lipinski definition) is 1. The Labute approximate surface area is 143 Å². The Kier molecular flexibility index (Phi) is 5.12. The largest absolute Gasteiger partial charge is 0.497 e. The number of hydrogen-bond acceptors (Lipinski definition) is 6. The van der Waals surface area contributed by atoms with E-state index in [0.29, 0.717) is 22.4 Å². The standard InChI is InChI=1S/C17H15N3O3S/c1-22-13-6-8-14(9-7-13)23-15-5-3-2-4-12(15)10-18-20-17-19-16(21)11-24-17/h2-10H,11H2,1H3,(H,19,20,21). The minimum Gasteiger partial charge on any atom is -0.497 e. The first-order valence-electron chi connectivity index (χ1n) is 7.19. The molecule has 2 aromatic carbocycles. The second kappa shape index (κ2) is 7.65. The lowest BCUT2D eigenvalue weighted by molar-refractivity contribution is -0.116. The van der Waals surface area contributed by atoms with Gasteiger partial charge in [0.05, 0.1) is 19.1 Å². The summed E-state index contributed by atoms with van der Waals surface area (Å²) in [5.74, 6) is 2.45. The van der Waals surface area contributed by atoms with Crippen LogP contribution in [0.3, 0.4) is 0 Å². The quantitative estimate of drug-likeness (QED) is 0.670. The molecular formula is C17H15N3O3S. The Morgan fingerprint density at radius 2 is 1.88 bits per heavy atom. The van der Waals surface area contributed by atoms with Crippen LogP contribution in [0.25, 0.3) is 0 Å². The van der Waals surface area contributed by atoms with Gasteiger partial charge in [0, 0.05) is 5.56 Å². The maximum absolute atomic E-state index is 11.1. The SMILES string of the molecule is COc1ccc(Oc2ccccc2C=NN=C2NC(=O)CS2)cc1. The molecule has 0 aliphatic carbocycles. The summed E-state index contributed by atoms with van der Waals surface area (Å²) in [5.41, 5.74) is 0.784. The van der Waals surface area contributed by atoms with Gasteiger partial charge in [-0.3, -0.25) is 4.79 Å². The molecule has 6 nitrogen and oxygen atoms in total. The highest BCUT2D eigenvalue weighted by Crippen LogP contribution is 2.26. The molecule has 2 aromatic rings. The van der Waals surface area contributed by atoms with Gasteiger partial charge in [0.15, 0.2) is 5.17 Å². The zero-order valence-electron chi connectivity index (χ0n) is 12.9. The van der Waals surface area contributed by atoms with Crippen molar-refractivity contribution in [2.24, 2.45) is 10.2 Å². The minimum absolute atomic E-state index is 0.0582. The van der Waals surface area contributed by atoms with Crippen molar-refractivity contribution in [3.05, 3.63) is 54.1 Å². The Bertz CT molecular complexity index is 788. The molecule has 1 N–H and O–H groups in total. The average molecular weight is 341 g/mol. The number of rotatable bonds is 5. The van der Waals surface area contributed by atoms with Gasteiger partial charge in [0.2, 0.25) is 5.91 Å². The number of nitrogens with one attached hydrogen (secondary N) is 1. The second-order valence-electron chi connectivity index (χ2n) is 4.80. The molecule has 0 atom stereocenters. The van der Waals surface area contributed by atoms with Gasteiger partial charge < -0.3 is 14.8 Å². The monoisotopic (exact) mass is 341 g/mol. The highest BCUT2D eigenvalue weighted by molar-refractivity contribution is 8.15. The van der Waals surface area contributed by atoms with Gasteiger partial charge in [-0.25, -0.2) is 0 Å². The first-order valence-corrected chi connectivity index (χ1v) is 8.18. The van der Waals surface area contributed by atoms with Crippen molar-refractivity contribution < 1.29 is 14.3 Å². The number of nitrogens with zero attached hydrogens (tertiary/aromatic N) is 2. The van der Waals surface area contributed by atoms with Crippen LogP contribution in [0, 0.1) is 0 Å². The van der Waals surface area contributed by atoms with E-state index in [-0.39, 0.29) is 5.91 Å². The number of para-hydroxylation sites is 1. The molecular weight excluding hydrogens is 326 g/mol. The Hall–Kier alpha value is -2.80. The van der Waals surface area contributed by atoms with Gasteiger partial charge >= 0.3 is 0 Å². The Morgan fingerprint density at radius 3 is 2.58 bits per heavy atom. The van der Waals surface area contributed by atoms with E-state index >= 15 is 0 Å². The molecule has 1 aliphatic heterocycles. The second-order valence-corrected chi connectivity index (χ2v) is 5.77. The van der Waals surface area contributed by atoms with Crippen LogP contribution in [0.4, 0.5) is 0 Å². The molecule has 7 heteroatoms. The lowest BCUT2D eigenvalue weighted by Gasteiger charge is -2.08. The summed E-state index contributed by atoms with van der Waals surface area (Å²) >= 11 is 1.33. The van der Waals surface area contributed by atoms with E-state index in [9.17, 15) is 4.79 Å². The van der Waals surface area contributed by atoms with Crippen molar-refractivity contribution in [1.29, 1.82) is 0 Å². The number of thioether (sulfide) groups is 1. The minimum atomic E-state index is -0.0582. The average Bonchev–Trinajstić information content (AvgIpc) is 3.02. The molecule has 0 spiro atoms. The van der Waals surface area contributed by atoms with Crippen molar-refractivity contribution >= 4 is 29.1 Å². The number of amidine groups is 1. The lowest BCUT2D eigenvalue weighted by atomic mass is 10.2. The number of carbonyl (C=O) groups is 1. The van der Waals surface area contributed by atoms with Crippen molar-refractivity contribution in [3.63, 3.8) is 0 Å². The highest BCUT2D eigenvalue weighted by atomic mass is 32.2. The predicted molar refractivity (Wildman–Crippen MR) is 95.1 cm³/mol. The third-order valence-corrected chi connectivity index (χ3v) is 4.00. The van der Waals surface area contributed by atoms with E-state index < -0.39 is 0 Å². The molecule has 1 aliphatic rings. The van der Waals surface area contributed by atoms with E-state index in [1.54, 1.807) is 13.3 Å². The van der Waals surface area contributed by atoms with Crippen LogP contribution in [-0.4, -0.2) is 30.2 Å². The number of carbonyl (C=O) groups excluding carboxylic acids is 1. The maximum Gasteiger partial charge on any atom is 0.236 e. The van der Waals surface area contributed by atoms with Gasteiger partial charge in [-0.1, -0.05) is 23.9 Å². The molecule has 0 bridgehead atoms. The topological polar surface area (TPSA) is 72.3 Å². The summed E-state index contributed by atoms with van der Waals surface area (Å²) < 4.78 is 11.0. The zero-order valence-corrected chi connectivity index (χ0v) is 13.7. The zero-order chi connectivity index (χ0) is 16.8. The van der Waals surface area contributed by atoms with Crippen molar-refractivity contribution in [2.75, 3.05) is 12.9 Å². The summed E-state index contributed by atoms with van der Waals surface area (Å²) in [6, 6.07) is 14.8. The first-order chi connectivity index (χ1) is 11.7. The summed E-state index contributed by atoms with van der Waals surface area (Å²) in [4.78, 5) is 11.1. The summed E-state index contributed by atoms with van der Waals surface area (Å²) in [7, 11) is 1.62. The summed E-state index contributed by atoms with van der Waals surface area (Å²) in [6.07, 6.45) is 1.59. The van der Waals surface area contributed by atoms with Gasteiger partial charge in [-0.15, -0.1) is 5.10 Å². The van der Waals surface area contributed by atoms with E-state index in [0.717, 1.165) is 11.3 Å². The molecule has 122 valence electrons. The molecule has 1 heterocycles. The summed E-state index contributed by atoms with van der Waals surface area (Å²) in [6.45, 7) is 0. The molecule has 0 saturated carbocycles. The number of amides is 1. The fraction of sp³-hybridized carbons (Fsp3) is 0.118. The molecule has 1 fully saturated rings. The van der Waals surface area contributed by atoms with Crippen molar-refractivity contribution in [2.45, 2.75) is 0 Å². The molecule has 1 amide bonds. The molecule has 3 rings (SSSR count). The van der Waals surface area contributed by atoms with Gasteiger partial charge in [-0.2, -0.15) is 5.10 Å². The fourth-order valence-electron chi connectivity index (χ4n) is 1.97. The summed E-state index contributed by atoms with van der Waals surface area (Å²) in [5, 5.41) is 11.1.